The van der Waals surface area contributed by atoms with Crippen LogP contribution in [-0.2, 0) is 19.4 Å². The van der Waals surface area contributed by atoms with E-state index in [9.17, 15) is 4.79 Å². The highest BCUT2D eigenvalue weighted by atomic mass is 79.9. The number of halogens is 1. The smallest absolute Gasteiger partial charge is 0.256 e. The maximum atomic E-state index is 13.3. The maximum Gasteiger partial charge on any atom is 0.256 e. The van der Waals surface area contributed by atoms with Crippen LogP contribution >= 0.6 is 27.3 Å². The Bertz CT molecular complexity index is 1200. The van der Waals surface area contributed by atoms with Crippen molar-refractivity contribution < 1.29 is 9.53 Å². The number of hydrogen-bond donors (Lipinski definition) is 2. The number of hydrogen-bond acceptors (Lipinski definition) is 4. The molecule has 4 nitrogen and oxygen atoms in total. The highest BCUT2D eigenvalue weighted by Gasteiger charge is 2.37. The summed E-state index contributed by atoms with van der Waals surface area (Å²) in [5.74, 6) is 1.44. The Balaban J connectivity index is 1.41. The number of anilines is 1. The van der Waals surface area contributed by atoms with Crippen molar-refractivity contribution >= 4 is 38.2 Å². The Morgan fingerprint density at radius 3 is 2.71 bits per heavy atom. The number of carbonyl (C=O) groups excluding carboxylic acids is 1. The molecule has 0 saturated heterocycles. The summed E-state index contributed by atoms with van der Waals surface area (Å²) in [5.41, 5.74) is 4.45. The number of nitrogens with one attached hydrogen (secondary N) is 2. The first-order chi connectivity index (χ1) is 16.4. The summed E-state index contributed by atoms with van der Waals surface area (Å²) in [6.07, 6.45) is 4.03. The first-order valence-corrected chi connectivity index (χ1v) is 13.6. The van der Waals surface area contributed by atoms with Gasteiger partial charge in [-0.05, 0) is 59.9 Å². The fourth-order valence-corrected chi connectivity index (χ4v) is 6.75. The Hall–Kier alpha value is -2.31. The van der Waals surface area contributed by atoms with Gasteiger partial charge in [0.15, 0.2) is 0 Å². The van der Waals surface area contributed by atoms with E-state index in [1.165, 1.54) is 16.9 Å². The number of amides is 1. The van der Waals surface area contributed by atoms with Crippen molar-refractivity contribution in [2.24, 2.45) is 11.3 Å². The van der Waals surface area contributed by atoms with Crippen LogP contribution in [0.15, 0.2) is 53.0 Å². The zero-order valence-corrected chi connectivity index (χ0v) is 22.3. The number of fused-ring (bicyclic) bond motifs is 3. The minimum Gasteiger partial charge on any atom is -0.488 e. The first kappa shape index (κ1) is 23.4. The summed E-state index contributed by atoms with van der Waals surface area (Å²) in [7, 11) is 0. The Morgan fingerprint density at radius 2 is 1.94 bits per heavy atom. The molecule has 0 unspecified atom stereocenters. The average Bonchev–Trinajstić information content (AvgIpc) is 3.22. The van der Waals surface area contributed by atoms with E-state index in [0.29, 0.717) is 17.9 Å². The van der Waals surface area contributed by atoms with Gasteiger partial charge < -0.3 is 15.4 Å². The lowest BCUT2D eigenvalue weighted by atomic mass is 9.69. The summed E-state index contributed by atoms with van der Waals surface area (Å²) >= 11 is 5.36. The third kappa shape index (κ3) is 4.50. The van der Waals surface area contributed by atoms with Crippen LogP contribution in [0.2, 0.25) is 0 Å². The molecular formula is C28H31BrN2O2S. The summed E-state index contributed by atoms with van der Waals surface area (Å²) in [6.45, 7) is 7.51. The predicted molar refractivity (Wildman–Crippen MR) is 143 cm³/mol. The van der Waals surface area contributed by atoms with Crippen LogP contribution in [0.5, 0.6) is 5.75 Å². The van der Waals surface area contributed by atoms with E-state index in [0.717, 1.165) is 51.2 Å². The van der Waals surface area contributed by atoms with E-state index in [-0.39, 0.29) is 12.1 Å². The average molecular weight is 540 g/mol. The summed E-state index contributed by atoms with van der Waals surface area (Å²) in [6, 6.07) is 16.1. The summed E-state index contributed by atoms with van der Waals surface area (Å²) in [4.78, 5) is 14.7. The lowest BCUT2D eigenvalue weighted by Crippen LogP contribution is -2.38. The summed E-state index contributed by atoms with van der Waals surface area (Å²) in [5, 5.41) is 7.81. The van der Waals surface area contributed by atoms with Gasteiger partial charge in [-0.2, -0.15) is 0 Å². The van der Waals surface area contributed by atoms with Crippen LogP contribution in [-0.4, -0.2) is 5.91 Å². The van der Waals surface area contributed by atoms with Crippen molar-refractivity contribution in [1.82, 2.24) is 5.32 Å². The van der Waals surface area contributed by atoms with E-state index >= 15 is 0 Å². The highest BCUT2D eigenvalue weighted by molar-refractivity contribution is 9.10. The lowest BCUT2D eigenvalue weighted by molar-refractivity contribution is 0.0934. The van der Waals surface area contributed by atoms with Crippen molar-refractivity contribution in [3.05, 3.63) is 80.1 Å². The maximum absolute atomic E-state index is 13.3. The second-order valence-electron chi connectivity index (χ2n) is 10.00. The number of carbonyl (C=O) groups is 1. The van der Waals surface area contributed by atoms with E-state index in [1.807, 2.05) is 36.4 Å². The van der Waals surface area contributed by atoms with Crippen molar-refractivity contribution in [1.29, 1.82) is 0 Å². The number of ether oxygens (including phenoxy) is 1. The molecule has 0 saturated carbocycles. The minimum atomic E-state index is -0.341. The van der Waals surface area contributed by atoms with Gasteiger partial charge in [0.2, 0.25) is 0 Å². The molecule has 2 N–H and O–H groups in total. The molecule has 5 rings (SSSR count). The van der Waals surface area contributed by atoms with Crippen LogP contribution in [0.1, 0.15) is 71.7 Å². The van der Waals surface area contributed by atoms with Gasteiger partial charge >= 0.3 is 0 Å². The Morgan fingerprint density at radius 1 is 1.15 bits per heavy atom. The van der Waals surface area contributed by atoms with E-state index in [1.54, 1.807) is 11.3 Å². The molecule has 2 heterocycles. The fraction of sp³-hybridized carbons (Fsp3) is 0.393. The van der Waals surface area contributed by atoms with Crippen molar-refractivity contribution in [2.45, 2.75) is 59.2 Å². The second kappa shape index (κ2) is 9.38. The third-order valence-corrected chi connectivity index (χ3v) is 9.26. The molecule has 6 heteroatoms. The number of benzene rings is 2. The Kier molecular flexibility index (Phi) is 6.47. The third-order valence-electron chi connectivity index (χ3n) is 7.58. The number of rotatable bonds is 6. The normalized spacial score (nSPS) is 19.6. The van der Waals surface area contributed by atoms with Gasteiger partial charge in [0.05, 0.1) is 5.56 Å². The van der Waals surface area contributed by atoms with Crippen molar-refractivity contribution in [3.63, 3.8) is 0 Å². The molecule has 1 aliphatic carbocycles. The molecule has 0 bridgehead atoms. The minimum absolute atomic E-state index is 0.0124. The van der Waals surface area contributed by atoms with Crippen molar-refractivity contribution in [2.75, 3.05) is 5.32 Å². The predicted octanol–water partition coefficient (Wildman–Crippen LogP) is 7.48. The summed E-state index contributed by atoms with van der Waals surface area (Å²) < 4.78 is 7.14. The fourth-order valence-electron chi connectivity index (χ4n) is 5.02. The van der Waals surface area contributed by atoms with Gasteiger partial charge in [0, 0.05) is 14.9 Å². The molecule has 1 amide bonds. The van der Waals surface area contributed by atoms with Gasteiger partial charge in [-0.3, -0.25) is 4.79 Å². The standard InChI is InChI=1S/C28H31BrN2O2S/c1-4-28(2,3)18-10-12-20-23(14-18)34-27-24(20)26(32)30-25(31-27)21-15-19(29)11-13-22(21)33-16-17-8-6-5-7-9-17/h5-9,11,13,15,18,25,31H,4,10,12,14,16H2,1-3H3,(H,30,32)/t18-,25+/m1/s1. The monoisotopic (exact) mass is 538 g/mol. The molecule has 34 heavy (non-hydrogen) atoms. The largest absolute Gasteiger partial charge is 0.488 e. The molecule has 2 aromatic carbocycles. The van der Waals surface area contributed by atoms with Crippen LogP contribution in [0.4, 0.5) is 5.00 Å². The molecular weight excluding hydrogens is 508 g/mol. The van der Waals surface area contributed by atoms with Crippen LogP contribution in [0.3, 0.4) is 0 Å². The molecule has 3 aromatic rings. The van der Waals surface area contributed by atoms with Gasteiger partial charge in [-0.15, -0.1) is 11.3 Å². The highest BCUT2D eigenvalue weighted by Crippen LogP contribution is 2.47. The lowest BCUT2D eigenvalue weighted by Gasteiger charge is -2.36. The van der Waals surface area contributed by atoms with E-state index in [4.69, 9.17) is 4.74 Å². The molecule has 2 atom stereocenters. The SMILES string of the molecule is CCC(C)(C)[C@@H]1CCc2c(sc3c2C(=O)N[C@H](c2cc(Br)ccc2OCc2ccccc2)N3)C1. The Labute approximate surface area is 214 Å². The molecule has 1 aromatic heterocycles. The first-order valence-electron chi connectivity index (χ1n) is 12.0. The zero-order valence-electron chi connectivity index (χ0n) is 19.9. The van der Waals surface area contributed by atoms with E-state index in [2.05, 4.69) is 59.5 Å². The van der Waals surface area contributed by atoms with Crippen LogP contribution in [0.25, 0.3) is 0 Å². The van der Waals surface area contributed by atoms with Gasteiger partial charge in [-0.1, -0.05) is 73.5 Å². The topological polar surface area (TPSA) is 50.4 Å². The van der Waals surface area contributed by atoms with Gasteiger partial charge in [0.1, 0.15) is 23.5 Å². The molecule has 178 valence electrons. The number of thiophene rings is 1. The molecule has 1 aliphatic heterocycles. The van der Waals surface area contributed by atoms with Crippen LogP contribution < -0.4 is 15.4 Å². The van der Waals surface area contributed by atoms with E-state index < -0.39 is 0 Å². The molecule has 0 spiro atoms. The molecule has 0 fully saturated rings. The van der Waals surface area contributed by atoms with Gasteiger partial charge in [-0.25, -0.2) is 0 Å². The second-order valence-corrected chi connectivity index (χ2v) is 12.0. The quantitative estimate of drug-likeness (QED) is 0.341. The van der Waals surface area contributed by atoms with Crippen LogP contribution in [0, 0.1) is 11.3 Å². The molecule has 0 radical (unpaired) electrons. The zero-order chi connectivity index (χ0) is 23.9. The van der Waals surface area contributed by atoms with Crippen molar-refractivity contribution in [3.8, 4) is 5.75 Å². The van der Waals surface area contributed by atoms with Gasteiger partial charge in [0.25, 0.3) is 5.91 Å². The molecule has 2 aliphatic rings.